The highest BCUT2D eigenvalue weighted by atomic mass is 19.4. The van der Waals surface area contributed by atoms with Crippen LogP contribution in [0.4, 0.5) is 18.9 Å². The molecular weight excluding hydrogens is 313 g/mol. The van der Waals surface area contributed by atoms with Crippen LogP contribution in [0.2, 0.25) is 0 Å². The molecule has 1 amide bonds. The lowest BCUT2D eigenvalue weighted by molar-refractivity contribution is -0.143. The molecule has 1 fully saturated rings. The van der Waals surface area contributed by atoms with Crippen LogP contribution in [0, 0.1) is 0 Å². The van der Waals surface area contributed by atoms with E-state index in [1.54, 1.807) is 4.90 Å². The predicted molar refractivity (Wildman–Crippen MR) is 76.9 cm³/mol. The average molecular weight is 330 g/mol. The first-order chi connectivity index (χ1) is 10.7. The molecule has 23 heavy (non-hydrogen) atoms. The number of carboxylic acids is 1. The number of hydrogen-bond acceptors (Lipinski definition) is 3. The molecule has 0 radical (unpaired) electrons. The molecule has 1 aliphatic rings. The van der Waals surface area contributed by atoms with Gasteiger partial charge in [0, 0.05) is 11.7 Å². The fraction of sp³-hybridized carbons (Fsp3) is 0.467. The first kappa shape index (κ1) is 17.3. The number of halogens is 3. The van der Waals surface area contributed by atoms with Gasteiger partial charge in [-0.2, -0.15) is 13.2 Å². The zero-order valence-corrected chi connectivity index (χ0v) is 12.4. The second-order valence-electron chi connectivity index (χ2n) is 5.54. The quantitative estimate of drug-likeness (QED) is 0.841. The van der Waals surface area contributed by atoms with Crippen molar-refractivity contribution >= 4 is 17.6 Å². The summed E-state index contributed by atoms with van der Waals surface area (Å²) in [6.07, 6.45) is -2.75. The van der Waals surface area contributed by atoms with Gasteiger partial charge < -0.3 is 10.4 Å². The molecule has 0 saturated heterocycles. The number of nitrogens with zero attached hydrogens (tertiary/aromatic N) is 1. The molecule has 1 unspecified atom stereocenters. The minimum atomic E-state index is -4.43. The zero-order valence-electron chi connectivity index (χ0n) is 12.4. The second kappa shape index (κ2) is 6.57. The Morgan fingerprint density at radius 3 is 2.30 bits per heavy atom. The Hall–Kier alpha value is -2.09. The third-order valence-corrected chi connectivity index (χ3v) is 3.69. The Morgan fingerprint density at radius 1 is 1.30 bits per heavy atom. The summed E-state index contributed by atoms with van der Waals surface area (Å²) in [6, 6.07) is 3.38. The molecule has 2 rings (SSSR count). The van der Waals surface area contributed by atoms with Crippen molar-refractivity contribution in [3.05, 3.63) is 29.8 Å². The molecule has 8 heteroatoms. The van der Waals surface area contributed by atoms with Gasteiger partial charge in [-0.05, 0) is 44.0 Å². The van der Waals surface area contributed by atoms with Gasteiger partial charge in [0.2, 0.25) is 5.91 Å². The number of benzene rings is 1. The highest BCUT2D eigenvalue weighted by molar-refractivity contribution is 5.92. The molecule has 1 atom stereocenters. The van der Waals surface area contributed by atoms with E-state index in [0.717, 1.165) is 25.0 Å². The van der Waals surface area contributed by atoms with E-state index in [1.807, 2.05) is 0 Å². The number of amides is 1. The molecule has 0 heterocycles. The van der Waals surface area contributed by atoms with Crippen LogP contribution < -0.4 is 5.32 Å². The van der Waals surface area contributed by atoms with Gasteiger partial charge in [-0.25, -0.2) is 0 Å². The Balaban J connectivity index is 1.97. The summed E-state index contributed by atoms with van der Waals surface area (Å²) >= 11 is 0. The van der Waals surface area contributed by atoms with Crippen molar-refractivity contribution in [3.63, 3.8) is 0 Å². The Labute approximate surface area is 131 Å². The van der Waals surface area contributed by atoms with Gasteiger partial charge in [-0.1, -0.05) is 0 Å². The van der Waals surface area contributed by atoms with Gasteiger partial charge in [0.15, 0.2) is 0 Å². The van der Waals surface area contributed by atoms with Crippen molar-refractivity contribution in [2.45, 2.75) is 38.0 Å². The van der Waals surface area contributed by atoms with E-state index >= 15 is 0 Å². The van der Waals surface area contributed by atoms with E-state index in [9.17, 15) is 22.8 Å². The lowest BCUT2D eigenvalue weighted by Crippen LogP contribution is -2.44. The van der Waals surface area contributed by atoms with Crippen LogP contribution in [0.5, 0.6) is 0 Å². The molecule has 2 N–H and O–H groups in total. The van der Waals surface area contributed by atoms with Crippen molar-refractivity contribution in [3.8, 4) is 0 Å². The number of anilines is 1. The maximum atomic E-state index is 12.5. The summed E-state index contributed by atoms with van der Waals surface area (Å²) in [7, 11) is 0. The lowest BCUT2D eigenvalue weighted by Gasteiger charge is -2.25. The first-order valence-electron chi connectivity index (χ1n) is 7.14. The number of carbonyl (C=O) groups excluding carboxylic acids is 1. The van der Waals surface area contributed by atoms with E-state index < -0.39 is 29.7 Å². The van der Waals surface area contributed by atoms with Crippen molar-refractivity contribution in [1.29, 1.82) is 0 Å². The number of hydrogen-bond donors (Lipinski definition) is 2. The summed E-state index contributed by atoms with van der Waals surface area (Å²) in [4.78, 5) is 24.6. The summed E-state index contributed by atoms with van der Waals surface area (Å²) in [5.41, 5.74) is -0.559. The molecular formula is C15H17F3N2O3. The molecule has 0 bridgehead atoms. The smallest absolute Gasteiger partial charge is 0.416 e. The minimum absolute atomic E-state index is 0.0689. The molecule has 0 spiro atoms. The Bertz CT molecular complexity index is 583. The van der Waals surface area contributed by atoms with Crippen LogP contribution >= 0.6 is 0 Å². The van der Waals surface area contributed by atoms with Gasteiger partial charge in [0.05, 0.1) is 12.1 Å². The predicted octanol–water partition coefficient (Wildman–Crippen LogP) is 2.58. The third kappa shape index (κ3) is 4.69. The highest BCUT2D eigenvalue weighted by Gasteiger charge is 2.36. The molecule has 5 nitrogen and oxygen atoms in total. The molecule has 0 aromatic heterocycles. The molecule has 1 aliphatic carbocycles. The summed E-state index contributed by atoms with van der Waals surface area (Å²) in [6.45, 7) is 1.39. The van der Waals surface area contributed by atoms with E-state index in [-0.39, 0.29) is 18.3 Å². The maximum Gasteiger partial charge on any atom is 0.416 e. The van der Waals surface area contributed by atoms with Gasteiger partial charge in [0.1, 0.15) is 6.04 Å². The summed E-state index contributed by atoms with van der Waals surface area (Å²) in [5, 5.41) is 11.5. The van der Waals surface area contributed by atoms with Crippen molar-refractivity contribution < 1.29 is 27.9 Å². The van der Waals surface area contributed by atoms with Crippen LogP contribution in [0.15, 0.2) is 24.3 Å². The second-order valence-corrected chi connectivity index (χ2v) is 5.54. The summed E-state index contributed by atoms with van der Waals surface area (Å²) < 4.78 is 37.4. The normalized spacial score (nSPS) is 16.2. The fourth-order valence-electron chi connectivity index (χ4n) is 2.24. The number of aliphatic carboxylic acids is 1. The van der Waals surface area contributed by atoms with Crippen LogP contribution in [-0.4, -0.2) is 40.5 Å². The number of carboxylic acid groups (broad SMARTS) is 1. The minimum Gasteiger partial charge on any atom is -0.480 e. The Morgan fingerprint density at radius 2 is 1.87 bits per heavy atom. The third-order valence-electron chi connectivity index (χ3n) is 3.69. The van der Waals surface area contributed by atoms with E-state index in [2.05, 4.69) is 5.32 Å². The van der Waals surface area contributed by atoms with Gasteiger partial charge in [-0.3, -0.25) is 14.5 Å². The molecule has 126 valence electrons. The molecule has 1 aromatic rings. The average Bonchev–Trinajstić information content (AvgIpc) is 3.28. The Kier molecular flexibility index (Phi) is 4.93. The lowest BCUT2D eigenvalue weighted by atomic mass is 10.2. The van der Waals surface area contributed by atoms with Crippen LogP contribution in [0.1, 0.15) is 25.3 Å². The van der Waals surface area contributed by atoms with Crippen molar-refractivity contribution in [2.75, 3.05) is 11.9 Å². The zero-order chi connectivity index (χ0) is 17.2. The summed E-state index contributed by atoms with van der Waals surface area (Å²) in [5.74, 6) is -1.47. The first-order valence-corrected chi connectivity index (χ1v) is 7.14. The van der Waals surface area contributed by atoms with Crippen molar-refractivity contribution in [1.82, 2.24) is 4.90 Å². The van der Waals surface area contributed by atoms with Crippen LogP contribution in [0.25, 0.3) is 0 Å². The number of rotatable bonds is 6. The molecule has 1 aromatic carbocycles. The SMILES string of the molecule is CC(C(=O)O)N(CC(=O)Nc1ccc(C(F)(F)F)cc1)C1CC1. The number of nitrogens with one attached hydrogen (secondary N) is 1. The van der Waals surface area contributed by atoms with Gasteiger partial charge in [-0.15, -0.1) is 0 Å². The van der Waals surface area contributed by atoms with Crippen LogP contribution in [-0.2, 0) is 15.8 Å². The number of carbonyl (C=O) groups is 2. The topological polar surface area (TPSA) is 69.6 Å². The van der Waals surface area contributed by atoms with Crippen LogP contribution in [0.3, 0.4) is 0 Å². The number of alkyl halides is 3. The standard InChI is InChI=1S/C15H17F3N2O3/c1-9(14(22)23)20(12-6-7-12)8-13(21)19-11-4-2-10(3-5-11)15(16,17)18/h2-5,9,12H,6-8H2,1H3,(H,19,21)(H,22,23). The van der Waals surface area contributed by atoms with Crippen molar-refractivity contribution in [2.24, 2.45) is 0 Å². The van der Waals surface area contributed by atoms with E-state index in [0.29, 0.717) is 0 Å². The van der Waals surface area contributed by atoms with Gasteiger partial charge >= 0.3 is 12.1 Å². The molecule has 0 aliphatic heterocycles. The van der Waals surface area contributed by atoms with E-state index in [1.165, 1.54) is 19.1 Å². The maximum absolute atomic E-state index is 12.5. The van der Waals surface area contributed by atoms with E-state index in [4.69, 9.17) is 5.11 Å². The molecule has 1 saturated carbocycles. The monoisotopic (exact) mass is 330 g/mol. The highest BCUT2D eigenvalue weighted by Crippen LogP contribution is 2.30. The largest absolute Gasteiger partial charge is 0.480 e. The van der Waals surface area contributed by atoms with Gasteiger partial charge in [0.25, 0.3) is 0 Å². The fourth-order valence-corrected chi connectivity index (χ4v) is 2.24.